The van der Waals surface area contributed by atoms with E-state index in [1.807, 2.05) is 6.07 Å². The number of benzene rings is 2. The second-order valence-electron chi connectivity index (χ2n) is 4.47. The molecule has 0 bridgehead atoms. The molecule has 5 heteroatoms. The maximum absolute atomic E-state index is 13.9. The van der Waals surface area contributed by atoms with Gasteiger partial charge in [-0.2, -0.15) is 5.26 Å². The van der Waals surface area contributed by atoms with Crippen LogP contribution in [-0.4, -0.2) is 6.54 Å². The van der Waals surface area contributed by atoms with Gasteiger partial charge >= 0.3 is 0 Å². The molecular weight excluding hydrogens is 291 g/mol. The zero-order valence-electron chi connectivity index (χ0n) is 11.3. The Balaban J connectivity index is 2.19. The lowest BCUT2D eigenvalue weighted by molar-refractivity contribution is 0.296. The molecule has 3 nitrogen and oxygen atoms in total. The molecule has 2 N–H and O–H groups in total. The van der Waals surface area contributed by atoms with Crippen molar-refractivity contribution in [2.75, 3.05) is 6.54 Å². The zero-order chi connectivity index (χ0) is 15.2. The maximum Gasteiger partial charge on any atom is 0.147 e. The first-order valence-electron chi connectivity index (χ1n) is 6.44. The summed E-state index contributed by atoms with van der Waals surface area (Å²) >= 11 is 5.94. The molecule has 0 saturated carbocycles. The second kappa shape index (κ2) is 7.07. The second-order valence-corrected chi connectivity index (χ2v) is 4.91. The Bertz CT molecular complexity index is 682. The summed E-state index contributed by atoms with van der Waals surface area (Å²) in [4.78, 5) is 0. The van der Waals surface area contributed by atoms with Crippen molar-refractivity contribution >= 4 is 11.6 Å². The Labute approximate surface area is 127 Å². The van der Waals surface area contributed by atoms with Gasteiger partial charge in [-0.05, 0) is 42.8 Å². The molecule has 108 valence electrons. The molecule has 0 aliphatic carbocycles. The van der Waals surface area contributed by atoms with Crippen molar-refractivity contribution in [3.05, 3.63) is 63.9 Å². The predicted octanol–water partition coefficient (Wildman–Crippen LogP) is 3.43. The van der Waals surface area contributed by atoms with E-state index in [0.29, 0.717) is 29.3 Å². The van der Waals surface area contributed by atoms with Crippen LogP contribution in [0.1, 0.15) is 16.7 Å². The van der Waals surface area contributed by atoms with Gasteiger partial charge in [0, 0.05) is 10.6 Å². The summed E-state index contributed by atoms with van der Waals surface area (Å²) in [7, 11) is 0. The number of hydrogen-bond acceptors (Lipinski definition) is 3. The quantitative estimate of drug-likeness (QED) is 0.920. The Kier molecular flexibility index (Phi) is 5.15. The van der Waals surface area contributed by atoms with Crippen LogP contribution in [0.4, 0.5) is 4.39 Å². The highest BCUT2D eigenvalue weighted by Crippen LogP contribution is 2.24. The third-order valence-corrected chi connectivity index (χ3v) is 3.25. The van der Waals surface area contributed by atoms with Crippen LogP contribution >= 0.6 is 11.6 Å². The van der Waals surface area contributed by atoms with Crippen LogP contribution in [0.15, 0.2) is 36.4 Å². The molecule has 0 amide bonds. The van der Waals surface area contributed by atoms with Crippen molar-refractivity contribution < 1.29 is 9.13 Å². The summed E-state index contributed by atoms with van der Waals surface area (Å²) in [6.07, 6.45) is 0.622. The van der Waals surface area contributed by atoms with E-state index < -0.39 is 5.82 Å². The van der Waals surface area contributed by atoms with Gasteiger partial charge < -0.3 is 10.5 Å². The van der Waals surface area contributed by atoms with Crippen LogP contribution in [0, 0.1) is 17.1 Å². The van der Waals surface area contributed by atoms with Gasteiger partial charge in [-0.3, -0.25) is 0 Å². The minimum atomic E-state index is -0.547. The van der Waals surface area contributed by atoms with Crippen LogP contribution in [0.2, 0.25) is 5.02 Å². The highest BCUT2D eigenvalue weighted by molar-refractivity contribution is 6.30. The molecule has 2 aromatic carbocycles. The molecule has 2 rings (SSSR count). The van der Waals surface area contributed by atoms with Crippen LogP contribution in [-0.2, 0) is 13.0 Å². The fourth-order valence-corrected chi connectivity index (χ4v) is 2.17. The van der Waals surface area contributed by atoms with Crippen LogP contribution in [0.5, 0.6) is 5.75 Å². The smallest absolute Gasteiger partial charge is 0.147 e. The summed E-state index contributed by atoms with van der Waals surface area (Å²) in [6.45, 7) is 0.509. The maximum atomic E-state index is 13.9. The van der Waals surface area contributed by atoms with Crippen LogP contribution in [0.3, 0.4) is 0 Å². The number of halogens is 2. The molecule has 0 aliphatic rings. The Hall–Kier alpha value is -2.09. The van der Waals surface area contributed by atoms with Crippen molar-refractivity contribution in [1.82, 2.24) is 0 Å². The van der Waals surface area contributed by atoms with Gasteiger partial charge in [-0.15, -0.1) is 0 Å². The predicted molar refractivity (Wildman–Crippen MR) is 79.7 cm³/mol. The van der Waals surface area contributed by atoms with Gasteiger partial charge in [0.25, 0.3) is 0 Å². The normalized spacial score (nSPS) is 10.2. The van der Waals surface area contributed by atoms with Crippen molar-refractivity contribution in [2.45, 2.75) is 13.0 Å². The third-order valence-electron chi connectivity index (χ3n) is 3.02. The monoisotopic (exact) mass is 304 g/mol. The first-order valence-corrected chi connectivity index (χ1v) is 6.82. The van der Waals surface area contributed by atoms with E-state index in [1.165, 1.54) is 6.07 Å². The van der Waals surface area contributed by atoms with Crippen molar-refractivity contribution in [3.8, 4) is 11.8 Å². The average molecular weight is 305 g/mol. The molecule has 0 atom stereocenters. The van der Waals surface area contributed by atoms with E-state index in [-0.39, 0.29) is 12.2 Å². The summed E-state index contributed by atoms with van der Waals surface area (Å²) in [5.74, 6) is 0.0703. The lowest BCUT2D eigenvalue weighted by Gasteiger charge is -2.12. The number of nitrogens with two attached hydrogens (primary N) is 1. The molecule has 0 aromatic heterocycles. The van der Waals surface area contributed by atoms with Gasteiger partial charge in [-0.25, -0.2) is 4.39 Å². The summed E-state index contributed by atoms with van der Waals surface area (Å²) in [5.41, 5.74) is 6.78. The van der Waals surface area contributed by atoms with Gasteiger partial charge in [-0.1, -0.05) is 23.7 Å². The molecule has 21 heavy (non-hydrogen) atoms. The minimum Gasteiger partial charge on any atom is -0.489 e. The molecule has 0 radical (unpaired) electrons. The van der Waals surface area contributed by atoms with E-state index in [9.17, 15) is 4.39 Å². The highest BCUT2D eigenvalue weighted by atomic mass is 35.5. The molecule has 2 aromatic rings. The number of hydrogen-bond donors (Lipinski definition) is 1. The molecule has 0 heterocycles. The highest BCUT2D eigenvalue weighted by Gasteiger charge is 2.10. The fourth-order valence-electron chi connectivity index (χ4n) is 1.97. The topological polar surface area (TPSA) is 59.0 Å². The van der Waals surface area contributed by atoms with Gasteiger partial charge in [0.2, 0.25) is 0 Å². The average Bonchev–Trinajstić information content (AvgIpc) is 2.48. The van der Waals surface area contributed by atoms with Crippen molar-refractivity contribution in [3.63, 3.8) is 0 Å². The zero-order valence-corrected chi connectivity index (χ0v) is 12.0. The number of nitrogens with zero attached hydrogens (tertiary/aromatic N) is 1. The van der Waals surface area contributed by atoms with Crippen LogP contribution < -0.4 is 10.5 Å². The van der Waals surface area contributed by atoms with E-state index in [4.69, 9.17) is 27.3 Å². The van der Waals surface area contributed by atoms with E-state index in [1.54, 1.807) is 30.3 Å². The van der Waals surface area contributed by atoms with E-state index >= 15 is 0 Å². The van der Waals surface area contributed by atoms with Crippen molar-refractivity contribution in [2.24, 2.45) is 5.73 Å². The number of nitriles is 1. The Morgan fingerprint density at radius 1 is 1.24 bits per heavy atom. The lowest BCUT2D eigenvalue weighted by atomic mass is 10.1. The molecule has 0 saturated heterocycles. The lowest BCUT2D eigenvalue weighted by Crippen LogP contribution is -2.06. The standard InChI is InChI=1S/C16H14ClFN2O/c17-14-4-5-15(11(8-14)6-7-19)21-10-13-3-1-2-12(9-20)16(13)18/h1-5,8H,6-7,10,19H2. The van der Waals surface area contributed by atoms with Gasteiger partial charge in [0.05, 0.1) is 5.56 Å². The number of rotatable bonds is 5. The Morgan fingerprint density at radius 3 is 2.76 bits per heavy atom. The summed E-state index contributed by atoms with van der Waals surface area (Å²) < 4.78 is 19.6. The largest absolute Gasteiger partial charge is 0.489 e. The summed E-state index contributed by atoms with van der Waals surface area (Å²) in [6, 6.07) is 11.7. The van der Waals surface area contributed by atoms with Crippen molar-refractivity contribution in [1.29, 1.82) is 5.26 Å². The first-order chi connectivity index (χ1) is 10.2. The molecule has 0 unspecified atom stereocenters. The SMILES string of the molecule is N#Cc1cccc(COc2ccc(Cl)cc2CCN)c1F. The van der Waals surface area contributed by atoms with Crippen LogP contribution in [0.25, 0.3) is 0 Å². The molecule has 0 spiro atoms. The Morgan fingerprint density at radius 2 is 2.05 bits per heavy atom. The van der Waals surface area contributed by atoms with E-state index in [0.717, 1.165) is 5.56 Å². The molecule has 0 fully saturated rings. The first kappa shape index (κ1) is 15.3. The number of ether oxygens (including phenoxy) is 1. The van der Waals surface area contributed by atoms with E-state index in [2.05, 4.69) is 0 Å². The molecular formula is C16H14ClFN2O. The molecule has 0 aliphatic heterocycles. The summed E-state index contributed by atoms with van der Waals surface area (Å²) in [5, 5.41) is 9.41. The van der Waals surface area contributed by atoms with Gasteiger partial charge in [0.15, 0.2) is 0 Å². The fraction of sp³-hybridized carbons (Fsp3) is 0.188. The minimum absolute atomic E-state index is 0.00869. The van der Waals surface area contributed by atoms with Gasteiger partial charge in [0.1, 0.15) is 24.2 Å². The third kappa shape index (κ3) is 3.72.